The van der Waals surface area contributed by atoms with Crippen molar-refractivity contribution >= 4 is 29.3 Å². The van der Waals surface area contributed by atoms with E-state index in [4.69, 9.17) is 16.0 Å². The smallest absolute Gasteiger partial charge is 0.408 e. The molecule has 0 aliphatic rings. The minimum absolute atomic E-state index is 0.0431. The molecule has 0 amide bonds. The van der Waals surface area contributed by atoms with Gasteiger partial charge in [0.25, 0.3) is 0 Å². The zero-order chi connectivity index (χ0) is 18.0. The second kappa shape index (κ2) is 6.73. The molecule has 0 fully saturated rings. The monoisotopic (exact) mass is 361 g/mol. The molecular weight excluding hydrogens is 350 g/mol. The van der Waals surface area contributed by atoms with Crippen molar-refractivity contribution in [1.29, 1.82) is 0 Å². The van der Waals surface area contributed by atoms with Crippen molar-refractivity contribution in [2.24, 2.45) is 7.05 Å². The molecule has 10 heteroatoms. The molecule has 0 unspecified atom stereocenters. The Morgan fingerprint density at radius 1 is 1.44 bits per heavy atom. The highest BCUT2D eigenvalue weighted by molar-refractivity contribution is 6.32. The molecule has 3 rings (SSSR count). The van der Waals surface area contributed by atoms with Crippen molar-refractivity contribution in [1.82, 2.24) is 19.6 Å². The van der Waals surface area contributed by atoms with Crippen LogP contribution in [0.5, 0.6) is 0 Å². The first-order valence-corrected chi connectivity index (χ1v) is 7.48. The maximum atomic E-state index is 12.0. The number of carbonyl (C=O) groups is 1. The summed E-state index contributed by atoms with van der Waals surface area (Å²) in [6, 6.07) is 4.99. The van der Waals surface area contributed by atoms with Gasteiger partial charge in [-0.05, 0) is 35.3 Å². The Balaban J connectivity index is 1.69. The number of hydrogen-bond acceptors (Lipinski definition) is 6. The van der Waals surface area contributed by atoms with E-state index < -0.39 is 10.7 Å². The quantitative estimate of drug-likeness (QED) is 0.289. The van der Waals surface area contributed by atoms with Crippen molar-refractivity contribution < 1.29 is 14.1 Å². The highest BCUT2D eigenvalue weighted by atomic mass is 35.5. The van der Waals surface area contributed by atoms with E-state index in [0.29, 0.717) is 17.2 Å². The molecule has 0 spiro atoms. The fourth-order valence-corrected chi connectivity index (χ4v) is 2.40. The third-order valence-electron chi connectivity index (χ3n) is 3.34. The van der Waals surface area contributed by atoms with E-state index in [0.717, 1.165) is 0 Å². The molecule has 25 heavy (non-hydrogen) atoms. The molecule has 0 atom stereocenters. The number of carbonyl (C=O) groups excluding carboxylic acids is 1. The lowest BCUT2D eigenvalue weighted by Gasteiger charge is -1.95. The first kappa shape index (κ1) is 16.7. The molecule has 128 valence electrons. The first-order valence-electron chi connectivity index (χ1n) is 7.10. The Morgan fingerprint density at radius 3 is 2.88 bits per heavy atom. The Bertz CT molecular complexity index is 968. The summed E-state index contributed by atoms with van der Waals surface area (Å²) in [5.41, 5.74) is 0.460. The molecule has 3 aromatic rings. The van der Waals surface area contributed by atoms with E-state index in [2.05, 4.69) is 10.2 Å². The fraction of sp³-hybridized carbons (Fsp3) is 0.133. The number of hydrogen-bond donors (Lipinski definition) is 0. The minimum Gasteiger partial charge on any atom is -0.460 e. The molecule has 9 nitrogen and oxygen atoms in total. The van der Waals surface area contributed by atoms with Crippen LogP contribution in [0.4, 0.5) is 5.82 Å². The second-order valence-electron chi connectivity index (χ2n) is 5.10. The number of halogens is 1. The fourth-order valence-electron chi connectivity index (χ4n) is 2.18. The van der Waals surface area contributed by atoms with E-state index in [1.54, 1.807) is 31.4 Å². The molecule has 0 aliphatic carbocycles. The van der Waals surface area contributed by atoms with Crippen LogP contribution in [0.1, 0.15) is 22.0 Å². The van der Waals surface area contributed by atoms with Gasteiger partial charge in [0.15, 0.2) is 5.02 Å². The summed E-state index contributed by atoms with van der Waals surface area (Å²) >= 11 is 5.75. The van der Waals surface area contributed by atoms with Gasteiger partial charge >= 0.3 is 5.82 Å². The third kappa shape index (κ3) is 3.66. The van der Waals surface area contributed by atoms with Gasteiger partial charge in [-0.1, -0.05) is 11.6 Å². The van der Waals surface area contributed by atoms with Gasteiger partial charge in [-0.25, -0.2) is 0 Å². The number of aryl methyl sites for hydroxylation is 1. The van der Waals surface area contributed by atoms with Crippen molar-refractivity contribution in [2.75, 3.05) is 0 Å². The summed E-state index contributed by atoms with van der Waals surface area (Å²) in [4.78, 5) is 22.1. The Kier molecular flexibility index (Phi) is 4.48. The van der Waals surface area contributed by atoms with Crippen molar-refractivity contribution in [3.8, 4) is 0 Å². The molecule has 0 aromatic carbocycles. The number of nitrogens with zero attached hydrogens (tertiary/aromatic N) is 5. The van der Waals surface area contributed by atoms with Gasteiger partial charge in [-0.15, -0.1) is 0 Å². The standard InChI is InChI=1S/C15H12ClN5O4/c1-19-13(6-7-17-19)14(22)5-4-10-2-3-11(25-10)8-20-9-12(16)15(18-20)21(23)24/h2-7,9H,8H2,1H3/b5-4+. The van der Waals surface area contributed by atoms with E-state index >= 15 is 0 Å². The van der Waals surface area contributed by atoms with Gasteiger partial charge in [0, 0.05) is 13.2 Å². The van der Waals surface area contributed by atoms with Crippen molar-refractivity contribution in [3.05, 3.63) is 69.0 Å². The number of aromatic nitrogens is 4. The number of furan rings is 1. The molecule has 0 aliphatic heterocycles. The molecule has 3 heterocycles. The third-order valence-corrected chi connectivity index (χ3v) is 3.61. The number of ketones is 1. The summed E-state index contributed by atoms with van der Waals surface area (Å²) in [7, 11) is 1.68. The summed E-state index contributed by atoms with van der Waals surface area (Å²) < 4.78 is 8.35. The topological polar surface area (TPSA) is 109 Å². The maximum Gasteiger partial charge on any atom is 0.408 e. The van der Waals surface area contributed by atoms with Crippen LogP contribution in [0.3, 0.4) is 0 Å². The second-order valence-corrected chi connectivity index (χ2v) is 5.50. The highest BCUT2D eigenvalue weighted by Crippen LogP contribution is 2.22. The lowest BCUT2D eigenvalue weighted by molar-refractivity contribution is -0.389. The zero-order valence-corrected chi connectivity index (χ0v) is 13.8. The van der Waals surface area contributed by atoms with Crippen LogP contribution < -0.4 is 0 Å². The van der Waals surface area contributed by atoms with Crippen LogP contribution in [0.25, 0.3) is 6.08 Å². The predicted molar refractivity (Wildman–Crippen MR) is 88.3 cm³/mol. The van der Waals surface area contributed by atoms with E-state index in [-0.39, 0.29) is 17.4 Å². The summed E-state index contributed by atoms with van der Waals surface area (Å²) in [6.45, 7) is 0.178. The summed E-state index contributed by atoms with van der Waals surface area (Å²) in [5, 5.41) is 18.4. The molecule has 0 saturated carbocycles. The Labute approximate surface area is 146 Å². The summed E-state index contributed by atoms with van der Waals surface area (Å²) in [6.07, 6.45) is 5.82. The van der Waals surface area contributed by atoms with Crippen LogP contribution in [-0.2, 0) is 13.6 Å². The van der Waals surface area contributed by atoms with Gasteiger partial charge in [-0.3, -0.25) is 9.48 Å². The van der Waals surface area contributed by atoms with Crippen LogP contribution in [0.2, 0.25) is 5.02 Å². The Hall–Kier alpha value is -3.20. The molecular formula is C15H12ClN5O4. The van der Waals surface area contributed by atoms with E-state index in [1.165, 1.54) is 27.7 Å². The van der Waals surface area contributed by atoms with Gasteiger partial charge in [-0.2, -0.15) is 9.78 Å². The normalized spacial score (nSPS) is 11.3. The van der Waals surface area contributed by atoms with Gasteiger partial charge in [0.2, 0.25) is 5.78 Å². The highest BCUT2D eigenvalue weighted by Gasteiger charge is 2.19. The van der Waals surface area contributed by atoms with Crippen LogP contribution in [0.15, 0.2) is 41.1 Å². The van der Waals surface area contributed by atoms with Gasteiger partial charge < -0.3 is 14.5 Å². The minimum atomic E-state index is -0.654. The molecule has 0 N–H and O–H groups in total. The lowest BCUT2D eigenvalue weighted by atomic mass is 10.2. The van der Waals surface area contributed by atoms with Crippen LogP contribution in [-0.4, -0.2) is 30.3 Å². The van der Waals surface area contributed by atoms with Crippen LogP contribution >= 0.6 is 11.6 Å². The lowest BCUT2D eigenvalue weighted by Crippen LogP contribution is -2.03. The van der Waals surface area contributed by atoms with E-state index in [9.17, 15) is 14.9 Å². The van der Waals surface area contributed by atoms with Gasteiger partial charge in [0.1, 0.15) is 23.8 Å². The van der Waals surface area contributed by atoms with Crippen molar-refractivity contribution in [2.45, 2.75) is 6.54 Å². The Morgan fingerprint density at radius 2 is 2.24 bits per heavy atom. The maximum absolute atomic E-state index is 12.0. The molecule has 0 saturated heterocycles. The molecule has 0 bridgehead atoms. The number of nitro groups is 1. The average Bonchev–Trinajstić information content (AvgIpc) is 3.26. The average molecular weight is 362 g/mol. The number of rotatable bonds is 6. The van der Waals surface area contributed by atoms with Crippen LogP contribution in [0, 0.1) is 10.1 Å². The SMILES string of the molecule is Cn1nccc1C(=O)/C=C/c1ccc(Cn2cc(Cl)c([N+](=O)[O-])n2)o1. The largest absolute Gasteiger partial charge is 0.460 e. The predicted octanol–water partition coefficient (Wildman–Crippen LogP) is 2.72. The molecule has 0 radical (unpaired) electrons. The van der Waals surface area contributed by atoms with Crippen molar-refractivity contribution in [3.63, 3.8) is 0 Å². The van der Waals surface area contributed by atoms with E-state index in [1.807, 2.05) is 0 Å². The number of allylic oxidation sites excluding steroid dienone is 1. The summed E-state index contributed by atoms with van der Waals surface area (Å²) in [5.74, 6) is 0.377. The van der Waals surface area contributed by atoms with Gasteiger partial charge in [0.05, 0.1) is 11.3 Å². The molecule has 3 aromatic heterocycles. The zero-order valence-electron chi connectivity index (χ0n) is 13.0. The first-order chi connectivity index (χ1) is 11.9.